The van der Waals surface area contributed by atoms with Crippen LogP contribution >= 0.6 is 0 Å². The highest BCUT2D eigenvalue weighted by atomic mass is 16.4. The van der Waals surface area contributed by atoms with Gasteiger partial charge in [0.2, 0.25) is 0 Å². The van der Waals surface area contributed by atoms with Crippen molar-refractivity contribution in [3.05, 3.63) is 47.8 Å². The fourth-order valence-corrected chi connectivity index (χ4v) is 2.82. The molecular weight excluding hydrogens is 296 g/mol. The maximum Gasteiger partial charge on any atom is 0.326 e. The van der Waals surface area contributed by atoms with Crippen molar-refractivity contribution in [1.29, 1.82) is 0 Å². The maximum atomic E-state index is 12.5. The summed E-state index contributed by atoms with van der Waals surface area (Å²) in [6.45, 7) is 0.963. The number of carbonyl (C=O) groups is 2. The van der Waals surface area contributed by atoms with Crippen LogP contribution in [0, 0.1) is 0 Å². The van der Waals surface area contributed by atoms with Crippen molar-refractivity contribution in [3.8, 4) is 0 Å². The quantitative estimate of drug-likeness (QED) is 0.921. The summed E-state index contributed by atoms with van der Waals surface area (Å²) in [6, 6.07) is 8.97. The number of hydrogen-bond acceptors (Lipinski definition) is 4. The van der Waals surface area contributed by atoms with Gasteiger partial charge in [-0.3, -0.25) is 4.79 Å². The van der Waals surface area contributed by atoms with E-state index in [1.54, 1.807) is 10.9 Å². The Hall–Kier alpha value is -2.70. The number of rotatable bonds is 4. The average Bonchev–Trinajstić information content (AvgIpc) is 3.03. The minimum Gasteiger partial charge on any atom is -0.480 e. The van der Waals surface area contributed by atoms with E-state index in [9.17, 15) is 14.7 Å². The van der Waals surface area contributed by atoms with Gasteiger partial charge in [-0.2, -0.15) is 0 Å². The number of likely N-dealkylation sites (tertiary alicyclic amines) is 1. The van der Waals surface area contributed by atoms with Gasteiger partial charge in [0.25, 0.3) is 5.91 Å². The summed E-state index contributed by atoms with van der Waals surface area (Å²) in [5.74, 6) is -1.33. The van der Waals surface area contributed by atoms with Gasteiger partial charge >= 0.3 is 5.97 Å². The lowest BCUT2D eigenvalue weighted by atomic mass is 10.0. The van der Waals surface area contributed by atoms with Gasteiger partial charge in [-0.25, -0.2) is 9.48 Å². The first-order valence-electron chi connectivity index (χ1n) is 7.63. The highest BCUT2D eigenvalue weighted by molar-refractivity contribution is 5.94. The number of carbonyl (C=O) groups excluding carboxylic acids is 1. The molecule has 120 valence electrons. The van der Waals surface area contributed by atoms with E-state index < -0.39 is 12.0 Å². The minimum atomic E-state index is -0.963. The van der Waals surface area contributed by atoms with Crippen molar-refractivity contribution in [3.63, 3.8) is 0 Å². The molecule has 3 rings (SSSR count). The van der Waals surface area contributed by atoms with Crippen LogP contribution < -0.4 is 0 Å². The second-order valence-electron chi connectivity index (χ2n) is 5.64. The van der Waals surface area contributed by atoms with Gasteiger partial charge in [0.05, 0.1) is 12.7 Å². The molecule has 1 N–H and O–H groups in total. The highest BCUT2D eigenvalue weighted by Gasteiger charge is 2.33. The molecule has 1 saturated heterocycles. The highest BCUT2D eigenvalue weighted by Crippen LogP contribution is 2.19. The Morgan fingerprint density at radius 1 is 1.22 bits per heavy atom. The molecule has 1 atom stereocenters. The van der Waals surface area contributed by atoms with Crippen LogP contribution in [0.25, 0.3) is 0 Å². The third kappa shape index (κ3) is 3.39. The average molecular weight is 314 g/mol. The Balaban J connectivity index is 1.74. The van der Waals surface area contributed by atoms with Crippen LogP contribution in [0.3, 0.4) is 0 Å². The zero-order chi connectivity index (χ0) is 16.2. The topological polar surface area (TPSA) is 88.3 Å². The van der Waals surface area contributed by atoms with E-state index in [0.717, 1.165) is 18.4 Å². The Morgan fingerprint density at radius 2 is 2.00 bits per heavy atom. The Kier molecular flexibility index (Phi) is 4.36. The first-order valence-corrected chi connectivity index (χ1v) is 7.63. The molecule has 1 aromatic carbocycles. The minimum absolute atomic E-state index is 0.189. The predicted molar refractivity (Wildman–Crippen MR) is 81.9 cm³/mol. The molecule has 0 saturated carbocycles. The molecule has 1 aromatic heterocycles. The van der Waals surface area contributed by atoms with Crippen molar-refractivity contribution >= 4 is 11.9 Å². The molecule has 7 heteroatoms. The molecule has 0 aliphatic carbocycles. The number of aliphatic carboxylic acids is 1. The van der Waals surface area contributed by atoms with Crippen molar-refractivity contribution in [2.45, 2.75) is 31.8 Å². The smallest absolute Gasteiger partial charge is 0.326 e. The van der Waals surface area contributed by atoms with Crippen molar-refractivity contribution in [1.82, 2.24) is 19.9 Å². The van der Waals surface area contributed by atoms with Gasteiger partial charge < -0.3 is 10.0 Å². The Morgan fingerprint density at radius 3 is 2.74 bits per heavy atom. The molecule has 1 aliphatic rings. The molecular formula is C16H18N4O3. The molecule has 0 radical (unpaired) electrons. The van der Waals surface area contributed by atoms with Gasteiger partial charge in [0.15, 0.2) is 5.69 Å². The fraction of sp³-hybridized carbons (Fsp3) is 0.375. The van der Waals surface area contributed by atoms with Crippen molar-refractivity contribution in [2.75, 3.05) is 6.54 Å². The Bertz CT molecular complexity index is 698. The number of benzene rings is 1. The van der Waals surface area contributed by atoms with E-state index in [2.05, 4.69) is 10.3 Å². The van der Waals surface area contributed by atoms with Crippen LogP contribution in [0.5, 0.6) is 0 Å². The second-order valence-corrected chi connectivity index (χ2v) is 5.64. The summed E-state index contributed by atoms with van der Waals surface area (Å²) in [6.07, 6.45) is 3.69. The number of nitrogens with zero attached hydrogens (tertiary/aromatic N) is 4. The second kappa shape index (κ2) is 6.60. The summed E-state index contributed by atoms with van der Waals surface area (Å²) in [5.41, 5.74) is 1.24. The van der Waals surface area contributed by atoms with Crippen LogP contribution in [-0.2, 0) is 11.3 Å². The first kappa shape index (κ1) is 15.2. The lowest BCUT2D eigenvalue weighted by Crippen LogP contribution is -2.48. The van der Waals surface area contributed by atoms with E-state index in [1.165, 1.54) is 4.90 Å². The van der Waals surface area contributed by atoms with E-state index in [4.69, 9.17) is 0 Å². The van der Waals surface area contributed by atoms with Gasteiger partial charge in [0.1, 0.15) is 6.04 Å². The number of carboxylic acid groups (broad SMARTS) is 1. The standard InChI is InChI=1S/C16H18N4O3/c21-15(20-9-5-4-8-14(20)16(22)23)13-11-19(18-17-13)10-12-6-2-1-3-7-12/h1-3,6-7,11,14H,4-5,8-10H2,(H,22,23)/t14-/m0/s1. The van der Waals surface area contributed by atoms with E-state index in [1.807, 2.05) is 30.3 Å². The van der Waals surface area contributed by atoms with Crippen molar-refractivity contribution in [2.24, 2.45) is 0 Å². The van der Waals surface area contributed by atoms with Gasteiger partial charge in [-0.15, -0.1) is 5.10 Å². The molecule has 0 spiro atoms. The molecule has 0 bridgehead atoms. The SMILES string of the molecule is O=C(O)[C@@H]1CCCCN1C(=O)c1cn(Cc2ccccc2)nn1. The third-order valence-corrected chi connectivity index (χ3v) is 3.99. The van der Waals surface area contributed by atoms with Crippen LogP contribution in [0.15, 0.2) is 36.5 Å². The molecule has 2 heterocycles. The molecule has 7 nitrogen and oxygen atoms in total. The van der Waals surface area contributed by atoms with E-state index in [0.29, 0.717) is 19.5 Å². The predicted octanol–water partition coefficient (Wildman–Crippen LogP) is 1.41. The van der Waals surface area contributed by atoms with E-state index in [-0.39, 0.29) is 11.6 Å². The van der Waals surface area contributed by atoms with E-state index >= 15 is 0 Å². The van der Waals surface area contributed by atoms with Gasteiger partial charge in [-0.1, -0.05) is 35.5 Å². The molecule has 0 unspecified atom stereocenters. The van der Waals surface area contributed by atoms with Crippen LogP contribution in [-0.4, -0.2) is 49.5 Å². The summed E-state index contributed by atoms with van der Waals surface area (Å²) < 4.78 is 1.59. The van der Waals surface area contributed by atoms with Crippen LogP contribution in [0.2, 0.25) is 0 Å². The van der Waals surface area contributed by atoms with Gasteiger partial charge in [-0.05, 0) is 24.8 Å². The molecule has 1 fully saturated rings. The Labute approximate surface area is 133 Å². The first-order chi connectivity index (χ1) is 11.1. The van der Waals surface area contributed by atoms with Crippen LogP contribution in [0.4, 0.5) is 0 Å². The summed E-state index contributed by atoms with van der Waals surface area (Å²) >= 11 is 0. The fourth-order valence-electron chi connectivity index (χ4n) is 2.82. The summed E-state index contributed by atoms with van der Waals surface area (Å²) in [5, 5.41) is 17.1. The summed E-state index contributed by atoms with van der Waals surface area (Å²) in [7, 11) is 0. The number of aromatic nitrogens is 3. The number of carboxylic acids is 1. The monoisotopic (exact) mass is 314 g/mol. The number of piperidine rings is 1. The zero-order valence-corrected chi connectivity index (χ0v) is 12.6. The maximum absolute atomic E-state index is 12.5. The molecule has 23 heavy (non-hydrogen) atoms. The number of amides is 1. The number of hydrogen-bond donors (Lipinski definition) is 1. The largest absolute Gasteiger partial charge is 0.480 e. The van der Waals surface area contributed by atoms with Crippen LogP contribution in [0.1, 0.15) is 35.3 Å². The van der Waals surface area contributed by atoms with Gasteiger partial charge in [0, 0.05) is 6.54 Å². The lowest BCUT2D eigenvalue weighted by molar-refractivity contribution is -0.143. The molecule has 1 amide bonds. The zero-order valence-electron chi connectivity index (χ0n) is 12.6. The normalized spacial score (nSPS) is 17.9. The molecule has 2 aromatic rings. The third-order valence-electron chi connectivity index (χ3n) is 3.99. The van der Waals surface area contributed by atoms with Crippen molar-refractivity contribution < 1.29 is 14.7 Å². The lowest BCUT2D eigenvalue weighted by Gasteiger charge is -2.32. The molecule has 1 aliphatic heterocycles. The summed E-state index contributed by atoms with van der Waals surface area (Å²) in [4.78, 5) is 25.2.